The Morgan fingerprint density at radius 1 is 1.15 bits per heavy atom. The van der Waals surface area contributed by atoms with Crippen molar-refractivity contribution in [3.63, 3.8) is 0 Å². The smallest absolute Gasteiger partial charge is 0.127 e. The molecule has 0 aliphatic heterocycles. The average molecular weight is 279 g/mol. The molecule has 2 atom stereocenters. The summed E-state index contributed by atoms with van der Waals surface area (Å²) in [4.78, 5) is 0. The van der Waals surface area contributed by atoms with E-state index in [1.54, 1.807) is 21.3 Å². The van der Waals surface area contributed by atoms with Gasteiger partial charge in [-0.15, -0.1) is 0 Å². The van der Waals surface area contributed by atoms with Gasteiger partial charge < -0.3 is 19.5 Å². The second kappa shape index (κ2) is 7.50. The predicted molar refractivity (Wildman–Crippen MR) is 79.4 cm³/mol. The summed E-state index contributed by atoms with van der Waals surface area (Å²) in [5.41, 5.74) is 1.16. The van der Waals surface area contributed by atoms with Crippen LogP contribution in [-0.2, 0) is 11.3 Å². The molecule has 1 aromatic carbocycles. The molecule has 112 valence electrons. The van der Waals surface area contributed by atoms with Crippen molar-refractivity contribution in [1.29, 1.82) is 0 Å². The van der Waals surface area contributed by atoms with E-state index in [9.17, 15) is 0 Å². The summed E-state index contributed by atoms with van der Waals surface area (Å²) in [6, 6.07) is 6.48. The van der Waals surface area contributed by atoms with E-state index < -0.39 is 0 Å². The molecule has 2 rings (SSSR count). The van der Waals surface area contributed by atoms with Crippen molar-refractivity contribution in [2.45, 2.75) is 44.4 Å². The standard InChI is InChI=1S/C16H25NO3/c1-18-14-6-4-5-13(9-14)17-11-12-7-8-15(19-2)10-16(12)20-3/h7-8,10,13-14,17H,4-6,9,11H2,1-3H3/t13-,14-/m0/s1. The van der Waals surface area contributed by atoms with E-state index in [0.717, 1.165) is 30.0 Å². The Morgan fingerprint density at radius 3 is 2.70 bits per heavy atom. The summed E-state index contributed by atoms with van der Waals surface area (Å²) in [6.07, 6.45) is 5.13. The lowest BCUT2D eigenvalue weighted by molar-refractivity contribution is 0.0586. The Morgan fingerprint density at radius 2 is 2.00 bits per heavy atom. The molecular weight excluding hydrogens is 254 g/mol. The molecule has 1 N–H and O–H groups in total. The van der Waals surface area contributed by atoms with E-state index >= 15 is 0 Å². The minimum absolute atomic E-state index is 0.402. The highest BCUT2D eigenvalue weighted by Gasteiger charge is 2.21. The molecule has 1 aromatic rings. The zero-order valence-electron chi connectivity index (χ0n) is 12.6. The Bertz CT molecular complexity index is 422. The summed E-state index contributed by atoms with van der Waals surface area (Å²) in [7, 11) is 5.17. The normalized spacial score (nSPS) is 22.6. The van der Waals surface area contributed by atoms with Gasteiger partial charge in [0.15, 0.2) is 0 Å². The van der Waals surface area contributed by atoms with Crippen LogP contribution in [0.15, 0.2) is 18.2 Å². The molecule has 4 heteroatoms. The van der Waals surface area contributed by atoms with Crippen LogP contribution in [0.3, 0.4) is 0 Å². The minimum Gasteiger partial charge on any atom is -0.497 e. The molecule has 0 amide bonds. The first-order valence-corrected chi connectivity index (χ1v) is 7.24. The monoisotopic (exact) mass is 279 g/mol. The van der Waals surface area contributed by atoms with Gasteiger partial charge in [-0.3, -0.25) is 0 Å². The molecule has 1 aliphatic carbocycles. The number of rotatable bonds is 6. The maximum Gasteiger partial charge on any atom is 0.127 e. The number of nitrogens with one attached hydrogen (secondary N) is 1. The van der Waals surface area contributed by atoms with Gasteiger partial charge in [-0.25, -0.2) is 0 Å². The molecular formula is C16H25NO3. The van der Waals surface area contributed by atoms with Crippen molar-refractivity contribution in [3.05, 3.63) is 23.8 Å². The van der Waals surface area contributed by atoms with Crippen molar-refractivity contribution in [2.75, 3.05) is 21.3 Å². The second-order valence-electron chi connectivity index (χ2n) is 5.28. The van der Waals surface area contributed by atoms with Crippen LogP contribution in [0, 0.1) is 0 Å². The van der Waals surface area contributed by atoms with Crippen LogP contribution in [0.1, 0.15) is 31.2 Å². The van der Waals surface area contributed by atoms with Crippen molar-refractivity contribution in [3.8, 4) is 11.5 Å². The van der Waals surface area contributed by atoms with Gasteiger partial charge in [0.25, 0.3) is 0 Å². The van der Waals surface area contributed by atoms with Crippen LogP contribution in [0.4, 0.5) is 0 Å². The number of hydrogen-bond donors (Lipinski definition) is 1. The van der Waals surface area contributed by atoms with Gasteiger partial charge in [-0.05, 0) is 31.7 Å². The highest BCUT2D eigenvalue weighted by molar-refractivity contribution is 5.40. The number of hydrogen-bond acceptors (Lipinski definition) is 4. The maximum atomic E-state index is 5.47. The highest BCUT2D eigenvalue weighted by Crippen LogP contribution is 2.26. The first-order chi connectivity index (χ1) is 9.76. The van der Waals surface area contributed by atoms with E-state index in [4.69, 9.17) is 14.2 Å². The molecule has 1 fully saturated rings. The van der Waals surface area contributed by atoms with Crippen LogP contribution >= 0.6 is 0 Å². The number of benzene rings is 1. The second-order valence-corrected chi connectivity index (χ2v) is 5.28. The van der Waals surface area contributed by atoms with Crippen LogP contribution in [0.2, 0.25) is 0 Å². The van der Waals surface area contributed by atoms with E-state index in [0.29, 0.717) is 12.1 Å². The topological polar surface area (TPSA) is 39.7 Å². The molecule has 0 saturated heterocycles. The van der Waals surface area contributed by atoms with Crippen molar-refractivity contribution in [1.82, 2.24) is 5.32 Å². The Kier molecular flexibility index (Phi) is 5.68. The van der Waals surface area contributed by atoms with Crippen LogP contribution in [-0.4, -0.2) is 33.5 Å². The van der Waals surface area contributed by atoms with Gasteiger partial charge in [0.1, 0.15) is 11.5 Å². The fourth-order valence-electron chi connectivity index (χ4n) is 2.80. The summed E-state index contributed by atoms with van der Waals surface area (Å²) < 4.78 is 16.1. The highest BCUT2D eigenvalue weighted by atomic mass is 16.5. The quantitative estimate of drug-likeness (QED) is 0.869. The third-order valence-electron chi connectivity index (χ3n) is 4.03. The Balaban J connectivity index is 1.93. The van der Waals surface area contributed by atoms with Crippen LogP contribution in [0.5, 0.6) is 11.5 Å². The summed E-state index contributed by atoms with van der Waals surface area (Å²) >= 11 is 0. The van der Waals surface area contributed by atoms with E-state index in [2.05, 4.69) is 11.4 Å². The van der Waals surface area contributed by atoms with Crippen molar-refractivity contribution in [2.24, 2.45) is 0 Å². The zero-order chi connectivity index (χ0) is 14.4. The SMILES string of the molecule is COc1ccc(CN[C@H]2CCC[C@H](OC)C2)c(OC)c1. The largest absolute Gasteiger partial charge is 0.497 e. The molecule has 0 spiro atoms. The van der Waals surface area contributed by atoms with E-state index in [-0.39, 0.29) is 0 Å². The van der Waals surface area contributed by atoms with Gasteiger partial charge in [0.2, 0.25) is 0 Å². The first-order valence-electron chi connectivity index (χ1n) is 7.24. The number of methoxy groups -OCH3 is 3. The van der Waals surface area contributed by atoms with Crippen molar-refractivity contribution >= 4 is 0 Å². The van der Waals surface area contributed by atoms with Crippen molar-refractivity contribution < 1.29 is 14.2 Å². The lowest BCUT2D eigenvalue weighted by Gasteiger charge is -2.29. The molecule has 4 nitrogen and oxygen atoms in total. The molecule has 0 heterocycles. The first kappa shape index (κ1) is 15.1. The van der Waals surface area contributed by atoms with Gasteiger partial charge in [0.05, 0.1) is 20.3 Å². The van der Waals surface area contributed by atoms with Gasteiger partial charge in [-0.1, -0.05) is 6.07 Å². The lowest BCUT2D eigenvalue weighted by atomic mass is 9.92. The fourth-order valence-corrected chi connectivity index (χ4v) is 2.80. The summed E-state index contributed by atoms with van der Waals surface area (Å²) in [5.74, 6) is 1.69. The molecule has 20 heavy (non-hydrogen) atoms. The van der Waals surface area contributed by atoms with Gasteiger partial charge in [-0.2, -0.15) is 0 Å². The molecule has 0 radical (unpaired) electrons. The molecule has 0 aromatic heterocycles. The molecule has 0 unspecified atom stereocenters. The lowest BCUT2D eigenvalue weighted by Crippen LogP contribution is -2.36. The number of ether oxygens (including phenoxy) is 3. The van der Waals surface area contributed by atoms with E-state index in [1.165, 1.54) is 19.3 Å². The third kappa shape index (κ3) is 3.87. The van der Waals surface area contributed by atoms with Crippen LogP contribution < -0.4 is 14.8 Å². The zero-order valence-corrected chi connectivity index (χ0v) is 12.6. The average Bonchev–Trinajstić information content (AvgIpc) is 2.52. The van der Waals surface area contributed by atoms with Gasteiger partial charge >= 0.3 is 0 Å². The summed E-state index contributed by atoms with van der Waals surface area (Å²) in [6.45, 7) is 0.814. The fraction of sp³-hybridized carbons (Fsp3) is 0.625. The predicted octanol–water partition coefficient (Wildman–Crippen LogP) is 2.75. The summed E-state index contributed by atoms with van der Waals surface area (Å²) in [5, 5.41) is 3.61. The third-order valence-corrected chi connectivity index (χ3v) is 4.03. The molecule has 0 bridgehead atoms. The van der Waals surface area contributed by atoms with E-state index in [1.807, 2.05) is 12.1 Å². The molecule has 1 aliphatic rings. The maximum absolute atomic E-state index is 5.47. The Labute approximate surface area is 121 Å². The minimum atomic E-state index is 0.402. The Hall–Kier alpha value is -1.26. The van der Waals surface area contributed by atoms with Gasteiger partial charge in [0, 0.05) is 31.3 Å². The van der Waals surface area contributed by atoms with Crippen LogP contribution in [0.25, 0.3) is 0 Å². The molecule has 1 saturated carbocycles.